The lowest BCUT2D eigenvalue weighted by atomic mass is 10.1. The van der Waals surface area contributed by atoms with E-state index in [2.05, 4.69) is 5.32 Å². The number of carbonyl (C=O) groups is 1. The van der Waals surface area contributed by atoms with Crippen molar-refractivity contribution >= 4 is 23.3 Å². The first-order valence-corrected chi connectivity index (χ1v) is 5.85. The molecule has 0 bridgehead atoms. The number of hydrogen-bond acceptors (Lipinski definition) is 3. The lowest BCUT2D eigenvalue weighted by Gasteiger charge is -2.13. The highest BCUT2D eigenvalue weighted by Crippen LogP contribution is 2.25. The Bertz CT molecular complexity index is 548. The summed E-state index contributed by atoms with van der Waals surface area (Å²) >= 11 is 5.92. The predicted octanol–water partition coefficient (Wildman–Crippen LogP) is 2.65. The fourth-order valence-electron chi connectivity index (χ4n) is 1.90. The van der Waals surface area contributed by atoms with Crippen molar-refractivity contribution in [3.05, 3.63) is 40.9 Å². The molecule has 4 nitrogen and oxygen atoms in total. The minimum absolute atomic E-state index is 0.0184. The normalized spacial score (nSPS) is 21.6. The number of nitrogens with one attached hydrogen (secondary N) is 1. The van der Waals surface area contributed by atoms with Crippen molar-refractivity contribution < 1.29 is 9.90 Å². The molecule has 2 unspecified atom stereocenters. The lowest BCUT2D eigenvalue weighted by Crippen LogP contribution is -2.18. The molecule has 0 amide bonds. The molecular formula is C13H11ClN2O2. The minimum Gasteiger partial charge on any atom is -0.481 e. The number of aliphatic carboxylic acids is 1. The van der Waals surface area contributed by atoms with Gasteiger partial charge in [0.25, 0.3) is 0 Å². The molecule has 2 rings (SSSR count). The summed E-state index contributed by atoms with van der Waals surface area (Å²) < 4.78 is 0. The summed E-state index contributed by atoms with van der Waals surface area (Å²) in [6.45, 7) is 0. The van der Waals surface area contributed by atoms with Crippen molar-refractivity contribution in [2.24, 2.45) is 5.92 Å². The number of nitrogens with zero attached hydrogens (tertiary/aromatic N) is 1. The van der Waals surface area contributed by atoms with E-state index in [9.17, 15) is 4.79 Å². The molecule has 5 heteroatoms. The molecule has 1 aromatic rings. The summed E-state index contributed by atoms with van der Waals surface area (Å²) in [7, 11) is 0. The SMILES string of the molecule is N#Cc1ccc(NC2C=CC(C(=O)O)C2)cc1Cl. The summed E-state index contributed by atoms with van der Waals surface area (Å²) in [6, 6.07) is 7.03. The fraction of sp³-hybridized carbons (Fsp3) is 0.231. The van der Waals surface area contributed by atoms with Crippen LogP contribution in [-0.4, -0.2) is 17.1 Å². The van der Waals surface area contributed by atoms with E-state index in [0.29, 0.717) is 17.0 Å². The zero-order chi connectivity index (χ0) is 13.1. The van der Waals surface area contributed by atoms with Crippen LogP contribution >= 0.6 is 11.6 Å². The van der Waals surface area contributed by atoms with Crippen LogP contribution in [0.1, 0.15) is 12.0 Å². The highest BCUT2D eigenvalue weighted by Gasteiger charge is 2.24. The Morgan fingerprint density at radius 2 is 2.28 bits per heavy atom. The molecule has 0 fully saturated rings. The molecule has 18 heavy (non-hydrogen) atoms. The van der Waals surface area contributed by atoms with Crippen LogP contribution in [0.5, 0.6) is 0 Å². The zero-order valence-corrected chi connectivity index (χ0v) is 10.2. The second-order valence-corrected chi connectivity index (χ2v) is 4.53. The van der Waals surface area contributed by atoms with Crippen molar-refractivity contribution in [1.82, 2.24) is 0 Å². The van der Waals surface area contributed by atoms with Crippen LogP contribution in [0.2, 0.25) is 5.02 Å². The predicted molar refractivity (Wildman–Crippen MR) is 68.5 cm³/mol. The van der Waals surface area contributed by atoms with E-state index in [1.54, 1.807) is 24.3 Å². The Balaban J connectivity index is 2.04. The fourth-order valence-corrected chi connectivity index (χ4v) is 2.12. The maximum atomic E-state index is 10.8. The molecule has 0 aliphatic heterocycles. The first kappa shape index (κ1) is 12.5. The molecule has 1 aliphatic carbocycles. The molecule has 0 saturated carbocycles. The van der Waals surface area contributed by atoms with Gasteiger partial charge in [-0.25, -0.2) is 0 Å². The maximum Gasteiger partial charge on any atom is 0.310 e. The molecule has 0 radical (unpaired) electrons. The average Bonchev–Trinajstić information content (AvgIpc) is 2.78. The molecule has 2 atom stereocenters. The van der Waals surface area contributed by atoms with Crippen molar-refractivity contribution in [2.75, 3.05) is 5.32 Å². The van der Waals surface area contributed by atoms with Crippen LogP contribution in [0.4, 0.5) is 5.69 Å². The van der Waals surface area contributed by atoms with E-state index >= 15 is 0 Å². The summed E-state index contributed by atoms with van der Waals surface area (Å²) in [5, 5.41) is 21.2. The molecule has 2 N–H and O–H groups in total. The van der Waals surface area contributed by atoms with Gasteiger partial charge < -0.3 is 10.4 Å². The van der Waals surface area contributed by atoms with Crippen molar-refractivity contribution in [2.45, 2.75) is 12.5 Å². The van der Waals surface area contributed by atoms with Gasteiger partial charge in [0.05, 0.1) is 16.5 Å². The molecule has 1 aromatic carbocycles. The van der Waals surface area contributed by atoms with Crippen molar-refractivity contribution in [1.29, 1.82) is 5.26 Å². The molecule has 0 heterocycles. The Labute approximate surface area is 109 Å². The monoisotopic (exact) mass is 262 g/mol. The largest absolute Gasteiger partial charge is 0.481 e. The molecule has 0 aromatic heterocycles. The first-order chi connectivity index (χ1) is 8.60. The van der Waals surface area contributed by atoms with E-state index < -0.39 is 11.9 Å². The van der Waals surface area contributed by atoms with E-state index in [1.165, 1.54) is 0 Å². The van der Waals surface area contributed by atoms with Gasteiger partial charge in [0, 0.05) is 11.7 Å². The Morgan fingerprint density at radius 3 is 2.83 bits per heavy atom. The number of halogens is 1. The lowest BCUT2D eigenvalue weighted by molar-refractivity contribution is -0.140. The second kappa shape index (κ2) is 5.11. The van der Waals surface area contributed by atoms with Crippen LogP contribution in [0.25, 0.3) is 0 Å². The Kier molecular flexibility index (Phi) is 3.54. The first-order valence-electron chi connectivity index (χ1n) is 5.47. The third-order valence-electron chi connectivity index (χ3n) is 2.84. The number of anilines is 1. The topological polar surface area (TPSA) is 73.1 Å². The van der Waals surface area contributed by atoms with E-state index in [-0.39, 0.29) is 6.04 Å². The number of hydrogen-bond donors (Lipinski definition) is 2. The average molecular weight is 263 g/mol. The number of rotatable bonds is 3. The van der Waals surface area contributed by atoms with Crippen LogP contribution < -0.4 is 5.32 Å². The number of carboxylic acid groups (broad SMARTS) is 1. The van der Waals surface area contributed by atoms with Gasteiger partial charge in [-0.2, -0.15) is 5.26 Å². The smallest absolute Gasteiger partial charge is 0.310 e. The maximum absolute atomic E-state index is 10.8. The molecule has 1 aliphatic rings. The van der Waals surface area contributed by atoms with E-state index in [0.717, 1.165) is 5.69 Å². The summed E-state index contributed by atoms with van der Waals surface area (Å²) in [6.07, 6.45) is 4.04. The third-order valence-corrected chi connectivity index (χ3v) is 3.16. The van der Waals surface area contributed by atoms with Crippen molar-refractivity contribution in [3.8, 4) is 6.07 Å². The van der Waals surface area contributed by atoms with E-state index in [4.69, 9.17) is 22.0 Å². The Morgan fingerprint density at radius 1 is 1.50 bits per heavy atom. The second-order valence-electron chi connectivity index (χ2n) is 4.12. The number of nitriles is 1. The van der Waals surface area contributed by atoms with Gasteiger partial charge in [0.15, 0.2) is 0 Å². The highest BCUT2D eigenvalue weighted by atomic mass is 35.5. The number of carboxylic acids is 1. The van der Waals surface area contributed by atoms with Crippen molar-refractivity contribution in [3.63, 3.8) is 0 Å². The van der Waals surface area contributed by atoms with E-state index in [1.807, 2.05) is 12.1 Å². The number of benzene rings is 1. The quantitative estimate of drug-likeness (QED) is 0.822. The van der Waals surface area contributed by atoms with Gasteiger partial charge in [0.1, 0.15) is 6.07 Å². The van der Waals surface area contributed by atoms with Crippen LogP contribution in [0.3, 0.4) is 0 Å². The standard InChI is InChI=1S/C13H11ClN2O2/c14-12-6-11(4-2-9(12)7-15)16-10-3-1-8(5-10)13(17)18/h1-4,6,8,10,16H,5H2,(H,17,18). The Hall–Kier alpha value is -1.99. The summed E-state index contributed by atoms with van der Waals surface area (Å²) in [5.74, 6) is -1.25. The highest BCUT2D eigenvalue weighted by molar-refractivity contribution is 6.32. The van der Waals surface area contributed by atoms with Crippen LogP contribution in [0.15, 0.2) is 30.4 Å². The van der Waals surface area contributed by atoms with Gasteiger partial charge >= 0.3 is 5.97 Å². The summed E-state index contributed by atoms with van der Waals surface area (Å²) in [5.41, 5.74) is 1.20. The third kappa shape index (κ3) is 2.63. The molecular weight excluding hydrogens is 252 g/mol. The minimum atomic E-state index is -0.812. The van der Waals surface area contributed by atoms with Crippen LogP contribution in [-0.2, 0) is 4.79 Å². The molecule has 92 valence electrons. The van der Waals surface area contributed by atoms with Gasteiger partial charge in [-0.15, -0.1) is 0 Å². The summed E-state index contributed by atoms with van der Waals surface area (Å²) in [4.78, 5) is 10.8. The molecule has 0 saturated heterocycles. The van der Waals surface area contributed by atoms with Gasteiger partial charge in [-0.1, -0.05) is 23.8 Å². The van der Waals surface area contributed by atoms with Gasteiger partial charge in [0.2, 0.25) is 0 Å². The van der Waals surface area contributed by atoms with Gasteiger partial charge in [-0.3, -0.25) is 4.79 Å². The molecule has 0 spiro atoms. The van der Waals surface area contributed by atoms with Gasteiger partial charge in [-0.05, 0) is 24.6 Å². The zero-order valence-electron chi connectivity index (χ0n) is 9.43. The van der Waals surface area contributed by atoms with Crippen LogP contribution in [0, 0.1) is 17.2 Å².